The number of aromatic nitrogens is 1. The number of hydrogen-bond acceptors (Lipinski definition) is 3. The van der Waals surface area contributed by atoms with Crippen LogP contribution in [0.15, 0.2) is 65.6 Å². The summed E-state index contributed by atoms with van der Waals surface area (Å²) in [5, 5.41) is 11.5. The maximum absolute atomic E-state index is 12.1. The molecule has 0 radical (unpaired) electrons. The second kappa shape index (κ2) is 5.25. The summed E-state index contributed by atoms with van der Waals surface area (Å²) in [6.07, 6.45) is 1.35. The van der Waals surface area contributed by atoms with Crippen molar-refractivity contribution in [1.29, 1.82) is 0 Å². The van der Waals surface area contributed by atoms with E-state index in [1.807, 2.05) is 36.4 Å². The van der Waals surface area contributed by atoms with Gasteiger partial charge < -0.3 is 14.5 Å². The van der Waals surface area contributed by atoms with E-state index < -0.39 is 11.4 Å². The van der Waals surface area contributed by atoms with Crippen molar-refractivity contribution >= 4 is 16.9 Å². The van der Waals surface area contributed by atoms with Crippen LogP contribution in [0.1, 0.15) is 15.9 Å². The molecule has 3 aromatic rings. The second-order valence-electron chi connectivity index (χ2n) is 4.79. The Balaban J connectivity index is 2.24. The normalized spacial score (nSPS) is 10.7. The van der Waals surface area contributed by atoms with Gasteiger partial charge in [-0.25, -0.2) is 0 Å². The van der Waals surface area contributed by atoms with Gasteiger partial charge in [0.05, 0.1) is 17.0 Å². The first-order valence-corrected chi connectivity index (χ1v) is 6.54. The fraction of sp³-hybridized carbons (Fsp3) is 0.0588. The van der Waals surface area contributed by atoms with Gasteiger partial charge in [0.25, 0.3) is 0 Å². The second-order valence-corrected chi connectivity index (χ2v) is 4.79. The van der Waals surface area contributed by atoms with Crippen molar-refractivity contribution in [1.82, 2.24) is 4.57 Å². The highest BCUT2D eigenvalue weighted by atomic mass is 16.4. The predicted octanol–water partition coefficient (Wildman–Crippen LogP) is 1.41. The fourth-order valence-corrected chi connectivity index (χ4v) is 2.40. The molecule has 0 unspecified atom stereocenters. The number of carboxylic acids is 1. The molecule has 0 N–H and O–H groups in total. The largest absolute Gasteiger partial charge is 0.545 e. The van der Waals surface area contributed by atoms with E-state index in [-0.39, 0.29) is 5.56 Å². The summed E-state index contributed by atoms with van der Waals surface area (Å²) in [5.74, 6) is -1.45. The van der Waals surface area contributed by atoms with E-state index in [1.54, 1.807) is 22.8 Å². The number of carbonyl (C=O) groups is 1. The molecular formula is C17H12NO3-. The van der Waals surface area contributed by atoms with E-state index in [0.29, 0.717) is 17.4 Å². The van der Waals surface area contributed by atoms with Crippen molar-refractivity contribution in [2.75, 3.05) is 0 Å². The summed E-state index contributed by atoms with van der Waals surface area (Å²) in [7, 11) is 0. The topological polar surface area (TPSA) is 62.1 Å². The first-order chi connectivity index (χ1) is 10.2. The number of fused-ring (bicyclic) bond motifs is 1. The summed E-state index contributed by atoms with van der Waals surface area (Å²) in [6.45, 7) is 0.488. The minimum atomic E-state index is -1.45. The van der Waals surface area contributed by atoms with Gasteiger partial charge in [0.2, 0.25) is 0 Å². The maximum atomic E-state index is 12.1. The van der Waals surface area contributed by atoms with Crippen LogP contribution >= 0.6 is 0 Å². The molecule has 0 aliphatic heterocycles. The predicted molar refractivity (Wildman–Crippen MR) is 78.1 cm³/mol. The zero-order valence-corrected chi connectivity index (χ0v) is 11.2. The molecule has 0 amide bonds. The van der Waals surface area contributed by atoms with E-state index in [9.17, 15) is 14.7 Å². The van der Waals surface area contributed by atoms with Gasteiger partial charge in [-0.1, -0.05) is 42.5 Å². The lowest BCUT2D eigenvalue weighted by Crippen LogP contribution is -2.30. The molecule has 0 saturated carbocycles. The van der Waals surface area contributed by atoms with Gasteiger partial charge >= 0.3 is 0 Å². The van der Waals surface area contributed by atoms with Crippen molar-refractivity contribution in [2.24, 2.45) is 0 Å². The third kappa shape index (κ3) is 2.43. The highest BCUT2D eigenvalue weighted by molar-refractivity contribution is 5.91. The third-order valence-corrected chi connectivity index (χ3v) is 3.40. The van der Waals surface area contributed by atoms with Gasteiger partial charge in [-0.2, -0.15) is 0 Å². The summed E-state index contributed by atoms with van der Waals surface area (Å²) >= 11 is 0. The molecule has 0 spiro atoms. The number of para-hydroxylation sites is 1. The molecule has 104 valence electrons. The molecule has 21 heavy (non-hydrogen) atoms. The number of benzene rings is 2. The van der Waals surface area contributed by atoms with Gasteiger partial charge in [-0.3, -0.25) is 4.79 Å². The Morgan fingerprint density at radius 1 is 1.00 bits per heavy atom. The third-order valence-electron chi connectivity index (χ3n) is 3.40. The van der Waals surface area contributed by atoms with Gasteiger partial charge in [-0.15, -0.1) is 0 Å². The molecule has 0 atom stereocenters. The van der Waals surface area contributed by atoms with Crippen LogP contribution in [0.25, 0.3) is 10.9 Å². The van der Waals surface area contributed by atoms with Crippen molar-refractivity contribution in [2.45, 2.75) is 6.54 Å². The lowest BCUT2D eigenvalue weighted by Gasteiger charge is -2.14. The number of pyridine rings is 1. The molecule has 4 nitrogen and oxygen atoms in total. The molecule has 4 heteroatoms. The van der Waals surface area contributed by atoms with Gasteiger partial charge in [-0.05, 0) is 17.7 Å². The Bertz CT molecular complexity index is 866. The summed E-state index contributed by atoms with van der Waals surface area (Å²) in [6, 6.07) is 16.6. The lowest BCUT2D eigenvalue weighted by atomic mass is 10.1. The van der Waals surface area contributed by atoms with Crippen molar-refractivity contribution in [3.8, 4) is 0 Å². The first-order valence-electron chi connectivity index (χ1n) is 6.54. The van der Waals surface area contributed by atoms with E-state index in [4.69, 9.17) is 0 Å². The number of carboxylic acid groups (broad SMARTS) is 1. The minimum absolute atomic E-state index is 0.315. The van der Waals surface area contributed by atoms with Crippen LogP contribution in [0, 0.1) is 0 Å². The molecule has 0 saturated heterocycles. The molecule has 1 aromatic heterocycles. The zero-order valence-electron chi connectivity index (χ0n) is 11.2. The Morgan fingerprint density at radius 2 is 1.67 bits per heavy atom. The zero-order chi connectivity index (χ0) is 14.8. The molecule has 0 aliphatic rings. The smallest absolute Gasteiger partial charge is 0.198 e. The van der Waals surface area contributed by atoms with Crippen LogP contribution < -0.4 is 10.5 Å². The van der Waals surface area contributed by atoms with E-state index in [2.05, 4.69) is 0 Å². The van der Waals surface area contributed by atoms with Gasteiger partial charge in [0.1, 0.15) is 0 Å². The Kier molecular flexibility index (Phi) is 3.28. The maximum Gasteiger partial charge on any atom is 0.198 e. The summed E-state index contributed by atoms with van der Waals surface area (Å²) in [5.41, 5.74) is 0.909. The summed E-state index contributed by atoms with van der Waals surface area (Å²) in [4.78, 5) is 23.3. The van der Waals surface area contributed by atoms with Crippen LogP contribution in [-0.2, 0) is 6.54 Å². The standard InChI is InChI=1S/C17H13NO3/c19-16-13-8-4-5-9-15(13)18(11-14(16)17(20)21)10-12-6-2-1-3-7-12/h1-9,11H,10H2,(H,20,21)/p-1. The average Bonchev–Trinajstić information content (AvgIpc) is 2.51. The molecule has 0 aliphatic carbocycles. The Labute approximate surface area is 120 Å². The van der Waals surface area contributed by atoms with Gasteiger partial charge in [0.15, 0.2) is 5.43 Å². The molecule has 1 heterocycles. The highest BCUT2D eigenvalue weighted by Crippen LogP contribution is 2.13. The average molecular weight is 278 g/mol. The molecule has 0 bridgehead atoms. The lowest BCUT2D eigenvalue weighted by molar-refractivity contribution is -0.255. The Morgan fingerprint density at radius 3 is 2.38 bits per heavy atom. The van der Waals surface area contributed by atoms with Crippen LogP contribution in [-0.4, -0.2) is 10.5 Å². The van der Waals surface area contributed by atoms with Crippen molar-refractivity contribution < 1.29 is 9.90 Å². The Hall–Kier alpha value is -2.88. The van der Waals surface area contributed by atoms with Crippen molar-refractivity contribution in [3.05, 3.63) is 82.1 Å². The highest BCUT2D eigenvalue weighted by Gasteiger charge is 2.09. The van der Waals surface area contributed by atoms with Crippen LogP contribution in [0.5, 0.6) is 0 Å². The molecule has 0 fully saturated rings. The molecular weight excluding hydrogens is 266 g/mol. The van der Waals surface area contributed by atoms with E-state index >= 15 is 0 Å². The summed E-state index contributed by atoms with van der Waals surface area (Å²) < 4.78 is 1.76. The molecule has 3 rings (SSSR count). The van der Waals surface area contributed by atoms with E-state index in [0.717, 1.165) is 5.56 Å². The molecule has 2 aromatic carbocycles. The van der Waals surface area contributed by atoms with Crippen LogP contribution in [0.3, 0.4) is 0 Å². The first kappa shape index (κ1) is 13.1. The number of rotatable bonds is 3. The van der Waals surface area contributed by atoms with Gasteiger partial charge in [0, 0.05) is 18.1 Å². The number of nitrogens with zero attached hydrogens (tertiary/aromatic N) is 1. The number of hydrogen-bond donors (Lipinski definition) is 0. The van der Waals surface area contributed by atoms with Crippen molar-refractivity contribution in [3.63, 3.8) is 0 Å². The SMILES string of the molecule is O=C([O-])c1cn(Cc2ccccc2)c2ccccc2c1=O. The monoisotopic (exact) mass is 278 g/mol. The van der Waals surface area contributed by atoms with E-state index in [1.165, 1.54) is 6.20 Å². The minimum Gasteiger partial charge on any atom is -0.545 e. The number of aromatic carboxylic acids is 1. The number of carbonyl (C=O) groups excluding carboxylic acids is 1. The fourth-order valence-electron chi connectivity index (χ4n) is 2.40. The quantitative estimate of drug-likeness (QED) is 0.727. The van der Waals surface area contributed by atoms with Crippen LogP contribution in [0.4, 0.5) is 0 Å². The van der Waals surface area contributed by atoms with Crippen LogP contribution in [0.2, 0.25) is 0 Å².